The Bertz CT molecular complexity index is 379. The molecule has 1 aliphatic rings. The molecule has 0 aliphatic carbocycles. The normalized spacial score (nSPS) is 18.9. The number of likely N-dealkylation sites (N-methyl/N-ethyl adjacent to an activating group) is 2. The predicted molar refractivity (Wildman–Crippen MR) is 80.4 cm³/mol. The predicted octanol–water partition coefficient (Wildman–Crippen LogP) is 0.964. The van der Waals surface area contributed by atoms with Crippen LogP contribution in [0.5, 0.6) is 0 Å². The Morgan fingerprint density at radius 3 is 2.50 bits per heavy atom. The molecule has 0 unspecified atom stereocenters. The fourth-order valence-electron chi connectivity index (χ4n) is 2.57. The number of carbonyl (C=O) groups is 2. The summed E-state index contributed by atoms with van der Waals surface area (Å²) in [5.74, 6) is 0.173. The highest BCUT2D eigenvalue weighted by molar-refractivity contribution is 5.83. The van der Waals surface area contributed by atoms with Crippen LogP contribution in [0.3, 0.4) is 0 Å². The van der Waals surface area contributed by atoms with Crippen molar-refractivity contribution >= 4 is 11.8 Å². The highest BCUT2D eigenvalue weighted by atomic mass is 16.2. The molecule has 1 aliphatic heterocycles. The second-order valence-electron chi connectivity index (χ2n) is 5.73. The van der Waals surface area contributed by atoms with E-state index < -0.39 is 0 Å². The summed E-state index contributed by atoms with van der Waals surface area (Å²) >= 11 is 0. The van der Waals surface area contributed by atoms with Crippen LogP contribution in [0.25, 0.3) is 0 Å². The molecular formula is C15H27N3O2. The molecule has 0 aromatic rings. The lowest BCUT2D eigenvalue weighted by atomic mass is 10.2. The van der Waals surface area contributed by atoms with E-state index in [-0.39, 0.29) is 17.9 Å². The number of rotatable bonds is 6. The lowest BCUT2D eigenvalue weighted by Crippen LogP contribution is -2.47. The Morgan fingerprint density at radius 2 is 2.00 bits per heavy atom. The van der Waals surface area contributed by atoms with Gasteiger partial charge in [-0.2, -0.15) is 0 Å². The van der Waals surface area contributed by atoms with Crippen molar-refractivity contribution in [2.45, 2.75) is 32.7 Å². The molecule has 0 spiro atoms. The van der Waals surface area contributed by atoms with E-state index in [1.165, 1.54) is 0 Å². The van der Waals surface area contributed by atoms with Gasteiger partial charge in [0.1, 0.15) is 0 Å². The summed E-state index contributed by atoms with van der Waals surface area (Å²) in [7, 11) is 3.53. The Labute approximate surface area is 122 Å². The van der Waals surface area contributed by atoms with Gasteiger partial charge in [0.15, 0.2) is 0 Å². The van der Waals surface area contributed by atoms with Crippen LogP contribution in [0.2, 0.25) is 0 Å². The standard InChI is InChI=1S/C15H27N3O2/c1-6-17(10-12(2)3)14(19)11-18-9-7-8-13(18)15(20)16(4)5/h13H,2,6-11H2,1,3-5H3/t13-/m1/s1. The molecule has 0 saturated carbocycles. The van der Waals surface area contributed by atoms with Crippen LogP contribution in [0, 0.1) is 0 Å². The van der Waals surface area contributed by atoms with Crippen LogP contribution in [0.4, 0.5) is 0 Å². The average molecular weight is 281 g/mol. The third kappa shape index (κ3) is 4.34. The fourth-order valence-corrected chi connectivity index (χ4v) is 2.57. The van der Waals surface area contributed by atoms with Gasteiger partial charge < -0.3 is 9.80 Å². The molecule has 0 aromatic heterocycles. The minimum atomic E-state index is -0.141. The zero-order chi connectivity index (χ0) is 15.3. The summed E-state index contributed by atoms with van der Waals surface area (Å²) in [5.41, 5.74) is 0.975. The van der Waals surface area contributed by atoms with E-state index >= 15 is 0 Å². The van der Waals surface area contributed by atoms with Crippen LogP contribution in [-0.4, -0.2) is 72.8 Å². The van der Waals surface area contributed by atoms with Crippen molar-refractivity contribution in [1.29, 1.82) is 0 Å². The molecule has 0 radical (unpaired) electrons. The van der Waals surface area contributed by atoms with Crippen molar-refractivity contribution in [3.63, 3.8) is 0 Å². The van der Waals surface area contributed by atoms with E-state index in [1.807, 2.05) is 18.7 Å². The van der Waals surface area contributed by atoms with E-state index in [4.69, 9.17) is 0 Å². The molecule has 1 saturated heterocycles. The molecule has 114 valence electrons. The third-order valence-corrected chi connectivity index (χ3v) is 3.62. The van der Waals surface area contributed by atoms with E-state index in [2.05, 4.69) is 6.58 Å². The summed E-state index contributed by atoms with van der Waals surface area (Å²) in [4.78, 5) is 29.8. The summed E-state index contributed by atoms with van der Waals surface area (Å²) < 4.78 is 0. The highest BCUT2D eigenvalue weighted by Crippen LogP contribution is 2.18. The van der Waals surface area contributed by atoms with Crippen molar-refractivity contribution in [3.05, 3.63) is 12.2 Å². The molecule has 0 bridgehead atoms. The number of amides is 2. The highest BCUT2D eigenvalue weighted by Gasteiger charge is 2.33. The molecule has 1 rings (SSSR count). The van der Waals surface area contributed by atoms with Crippen molar-refractivity contribution in [2.24, 2.45) is 0 Å². The number of hydrogen-bond donors (Lipinski definition) is 0. The molecule has 0 N–H and O–H groups in total. The molecule has 1 atom stereocenters. The fraction of sp³-hybridized carbons (Fsp3) is 0.733. The summed E-state index contributed by atoms with van der Waals surface area (Å²) in [6.07, 6.45) is 1.82. The van der Waals surface area contributed by atoms with Gasteiger partial charge >= 0.3 is 0 Å². The SMILES string of the molecule is C=C(C)CN(CC)C(=O)CN1CCC[C@@H]1C(=O)N(C)C. The second kappa shape index (κ2) is 7.43. The minimum Gasteiger partial charge on any atom is -0.347 e. The zero-order valence-electron chi connectivity index (χ0n) is 13.2. The first-order chi connectivity index (χ1) is 9.36. The summed E-state index contributed by atoms with van der Waals surface area (Å²) in [5, 5.41) is 0. The van der Waals surface area contributed by atoms with Gasteiger partial charge in [0.2, 0.25) is 11.8 Å². The molecule has 2 amide bonds. The third-order valence-electron chi connectivity index (χ3n) is 3.62. The Morgan fingerprint density at radius 1 is 1.35 bits per heavy atom. The largest absolute Gasteiger partial charge is 0.347 e. The average Bonchev–Trinajstić information content (AvgIpc) is 2.82. The van der Waals surface area contributed by atoms with Gasteiger partial charge in [-0.15, -0.1) is 0 Å². The quantitative estimate of drug-likeness (QED) is 0.681. The monoisotopic (exact) mass is 281 g/mol. The maximum atomic E-state index is 12.3. The van der Waals surface area contributed by atoms with Gasteiger partial charge in [-0.3, -0.25) is 14.5 Å². The summed E-state index contributed by atoms with van der Waals surface area (Å²) in [6, 6.07) is -0.141. The number of nitrogens with zero attached hydrogens (tertiary/aromatic N) is 3. The summed E-state index contributed by atoms with van der Waals surface area (Å²) in [6.45, 7) is 10.2. The van der Waals surface area contributed by atoms with Crippen LogP contribution in [0.1, 0.15) is 26.7 Å². The number of carbonyl (C=O) groups excluding carboxylic acids is 2. The maximum absolute atomic E-state index is 12.3. The van der Waals surface area contributed by atoms with Crippen molar-refractivity contribution in [1.82, 2.24) is 14.7 Å². The van der Waals surface area contributed by atoms with Gasteiger partial charge in [0, 0.05) is 27.2 Å². The van der Waals surface area contributed by atoms with Crippen molar-refractivity contribution in [2.75, 3.05) is 40.3 Å². The van der Waals surface area contributed by atoms with E-state index in [0.717, 1.165) is 25.0 Å². The lowest BCUT2D eigenvalue weighted by molar-refractivity contribution is -0.136. The van der Waals surface area contributed by atoms with Gasteiger partial charge in [-0.05, 0) is 33.2 Å². The van der Waals surface area contributed by atoms with Gasteiger partial charge in [-0.25, -0.2) is 0 Å². The first-order valence-corrected chi connectivity index (χ1v) is 7.24. The molecule has 5 heteroatoms. The topological polar surface area (TPSA) is 43.9 Å². The first-order valence-electron chi connectivity index (χ1n) is 7.24. The molecule has 5 nitrogen and oxygen atoms in total. The number of likely N-dealkylation sites (tertiary alicyclic amines) is 1. The van der Waals surface area contributed by atoms with Gasteiger partial charge in [-0.1, -0.05) is 12.2 Å². The van der Waals surface area contributed by atoms with Crippen molar-refractivity contribution in [3.8, 4) is 0 Å². The van der Waals surface area contributed by atoms with Crippen LogP contribution >= 0.6 is 0 Å². The molecule has 0 aromatic carbocycles. The Kier molecular flexibility index (Phi) is 6.20. The van der Waals surface area contributed by atoms with Gasteiger partial charge in [0.25, 0.3) is 0 Å². The maximum Gasteiger partial charge on any atom is 0.239 e. The van der Waals surface area contributed by atoms with Gasteiger partial charge in [0.05, 0.1) is 12.6 Å². The van der Waals surface area contributed by atoms with Crippen LogP contribution < -0.4 is 0 Å². The minimum absolute atomic E-state index is 0.0777. The van der Waals surface area contributed by atoms with E-state index in [1.54, 1.807) is 23.9 Å². The lowest BCUT2D eigenvalue weighted by Gasteiger charge is -2.28. The van der Waals surface area contributed by atoms with Crippen molar-refractivity contribution < 1.29 is 9.59 Å². The molecule has 1 heterocycles. The van der Waals surface area contributed by atoms with E-state index in [0.29, 0.717) is 19.6 Å². The molecule has 1 fully saturated rings. The van der Waals surface area contributed by atoms with E-state index in [9.17, 15) is 9.59 Å². The molecular weight excluding hydrogens is 254 g/mol. The smallest absolute Gasteiger partial charge is 0.239 e. The Hall–Kier alpha value is -1.36. The van der Waals surface area contributed by atoms with Crippen LogP contribution in [0.15, 0.2) is 12.2 Å². The number of hydrogen-bond acceptors (Lipinski definition) is 3. The van der Waals surface area contributed by atoms with Crippen LogP contribution in [-0.2, 0) is 9.59 Å². The zero-order valence-corrected chi connectivity index (χ0v) is 13.2. The Balaban J connectivity index is 2.63. The molecule has 20 heavy (non-hydrogen) atoms. The first kappa shape index (κ1) is 16.7. The second-order valence-corrected chi connectivity index (χ2v) is 5.73.